The van der Waals surface area contributed by atoms with Gasteiger partial charge in [-0.2, -0.15) is 0 Å². The molecule has 0 aliphatic rings. The number of ether oxygens (including phenoxy) is 1. The highest BCUT2D eigenvalue weighted by molar-refractivity contribution is 5.34. The molecule has 0 amide bonds. The third kappa shape index (κ3) is 2.82. The van der Waals surface area contributed by atoms with Gasteiger partial charge in [-0.15, -0.1) is 10.2 Å². The first-order chi connectivity index (χ1) is 8.16. The molecular weight excluding hydrogens is 220 g/mol. The molecule has 0 saturated carbocycles. The monoisotopic (exact) mass is 234 g/mol. The van der Waals surface area contributed by atoms with Crippen molar-refractivity contribution in [3.63, 3.8) is 0 Å². The molecule has 1 aromatic carbocycles. The summed E-state index contributed by atoms with van der Waals surface area (Å²) in [5, 5.41) is 17.1. The van der Waals surface area contributed by atoms with Crippen LogP contribution in [0.5, 0.6) is 5.75 Å². The first kappa shape index (κ1) is 11.6. The van der Waals surface area contributed by atoms with Crippen molar-refractivity contribution in [3.05, 3.63) is 41.6 Å². The molecular formula is C12H14N2O3. The molecule has 5 heteroatoms. The van der Waals surface area contributed by atoms with E-state index in [0.29, 0.717) is 17.5 Å². The van der Waals surface area contributed by atoms with Gasteiger partial charge < -0.3 is 14.3 Å². The minimum absolute atomic E-state index is 0.199. The number of nitrogens with zero attached hydrogens (tertiary/aromatic N) is 2. The lowest BCUT2D eigenvalue weighted by Crippen LogP contribution is -2.01. The van der Waals surface area contributed by atoms with Gasteiger partial charge in [-0.3, -0.25) is 0 Å². The number of aliphatic hydroxyl groups excluding tert-OH is 1. The Kier molecular flexibility index (Phi) is 3.39. The molecule has 0 radical (unpaired) electrons. The first-order valence-corrected chi connectivity index (χ1v) is 5.35. The molecule has 0 aliphatic carbocycles. The van der Waals surface area contributed by atoms with Crippen LogP contribution in [0.2, 0.25) is 0 Å². The normalized spacial score (nSPS) is 12.4. The second-order valence-corrected chi connectivity index (χ2v) is 3.72. The van der Waals surface area contributed by atoms with Crippen molar-refractivity contribution in [1.82, 2.24) is 10.2 Å². The molecule has 2 aromatic rings. The number of aromatic nitrogens is 2. The molecule has 5 nitrogen and oxygen atoms in total. The zero-order valence-electron chi connectivity index (χ0n) is 9.75. The minimum atomic E-state index is -0.573. The maximum Gasteiger partial charge on any atom is 0.253 e. The Bertz CT molecular complexity index is 494. The van der Waals surface area contributed by atoms with Crippen molar-refractivity contribution in [1.29, 1.82) is 0 Å². The van der Waals surface area contributed by atoms with Gasteiger partial charge in [0.25, 0.3) is 5.89 Å². The lowest BCUT2D eigenvalue weighted by Gasteiger charge is -2.11. The molecule has 0 fully saturated rings. The summed E-state index contributed by atoms with van der Waals surface area (Å²) in [6.45, 7) is 3.61. The van der Waals surface area contributed by atoms with Gasteiger partial charge in [-0.25, -0.2) is 0 Å². The number of aliphatic hydroxyl groups is 1. The molecule has 1 atom stereocenters. The van der Waals surface area contributed by atoms with Gasteiger partial charge in [-0.1, -0.05) is 18.2 Å². The maximum absolute atomic E-state index is 9.57. The van der Waals surface area contributed by atoms with E-state index in [1.165, 1.54) is 0 Å². The van der Waals surface area contributed by atoms with Crippen LogP contribution >= 0.6 is 0 Å². The fourth-order valence-electron chi connectivity index (χ4n) is 1.49. The summed E-state index contributed by atoms with van der Waals surface area (Å²) < 4.78 is 10.7. The fourth-order valence-corrected chi connectivity index (χ4v) is 1.49. The molecule has 0 unspecified atom stereocenters. The van der Waals surface area contributed by atoms with E-state index in [9.17, 15) is 5.11 Å². The molecule has 90 valence electrons. The van der Waals surface area contributed by atoms with Gasteiger partial charge in [0.05, 0.1) is 6.10 Å². The predicted molar refractivity (Wildman–Crippen MR) is 60.4 cm³/mol. The molecule has 2 rings (SSSR count). The molecule has 17 heavy (non-hydrogen) atoms. The minimum Gasteiger partial charge on any atom is -0.483 e. The summed E-state index contributed by atoms with van der Waals surface area (Å²) in [6.07, 6.45) is -0.573. The van der Waals surface area contributed by atoms with Gasteiger partial charge >= 0.3 is 0 Å². The van der Waals surface area contributed by atoms with Crippen molar-refractivity contribution in [2.75, 3.05) is 0 Å². The van der Waals surface area contributed by atoms with Crippen LogP contribution in [-0.4, -0.2) is 15.3 Å². The van der Waals surface area contributed by atoms with Crippen molar-refractivity contribution < 1.29 is 14.3 Å². The summed E-state index contributed by atoms with van der Waals surface area (Å²) in [4.78, 5) is 0. The second kappa shape index (κ2) is 4.97. The Hall–Kier alpha value is -1.88. The van der Waals surface area contributed by atoms with Crippen LogP contribution in [0.4, 0.5) is 0 Å². The molecule has 0 saturated heterocycles. The van der Waals surface area contributed by atoms with E-state index < -0.39 is 6.10 Å². The van der Waals surface area contributed by atoms with E-state index in [1.807, 2.05) is 18.2 Å². The molecule has 1 aromatic heterocycles. The average molecular weight is 234 g/mol. The third-order valence-electron chi connectivity index (χ3n) is 2.29. The van der Waals surface area contributed by atoms with Gasteiger partial charge in [0.15, 0.2) is 6.61 Å². The van der Waals surface area contributed by atoms with Gasteiger partial charge in [0, 0.05) is 12.5 Å². The number of benzene rings is 1. The number of para-hydroxylation sites is 1. The zero-order chi connectivity index (χ0) is 12.3. The zero-order valence-corrected chi connectivity index (χ0v) is 9.75. The number of aryl methyl sites for hydroxylation is 1. The standard InChI is InChI=1S/C12H14N2O3/c1-8(15)10-5-3-4-6-11(10)16-7-12-14-13-9(2)17-12/h3-6,8,15H,7H2,1-2H3/t8-/m1/s1. The Labute approximate surface area is 99.1 Å². The number of hydrogen-bond donors (Lipinski definition) is 1. The molecule has 0 spiro atoms. The summed E-state index contributed by atoms with van der Waals surface area (Å²) in [7, 11) is 0. The van der Waals surface area contributed by atoms with E-state index in [2.05, 4.69) is 10.2 Å². The Balaban J connectivity index is 2.08. The summed E-state index contributed by atoms with van der Waals surface area (Å²) in [5.74, 6) is 1.55. The Morgan fingerprint density at radius 2 is 2.12 bits per heavy atom. The SMILES string of the molecule is Cc1nnc(COc2ccccc2[C@@H](C)O)o1. The van der Waals surface area contributed by atoms with Crippen LogP contribution < -0.4 is 4.74 Å². The van der Waals surface area contributed by atoms with Crippen molar-refractivity contribution in [2.45, 2.75) is 26.6 Å². The smallest absolute Gasteiger partial charge is 0.253 e. The summed E-state index contributed by atoms with van der Waals surface area (Å²) >= 11 is 0. The maximum atomic E-state index is 9.57. The van der Waals surface area contributed by atoms with Crippen LogP contribution in [0.3, 0.4) is 0 Å². The van der Waals surface area contributed by atoms with E-state index in [4.69, 9.17) is 9.15 Å². The van der Waals surface area contributed by atoms with Crippen LogP contribution in [0, 0.1) is 6.92 Å². The van der Waals surface area contributed by atoms with E-state index in [-0.39, 0.29) is 6.61 Å². The quantitative estimate of drug-likeness (QED) is 0.876. The molecule has 1 N–H and O–H groups in total. The lowest BCUT2D eigenvalue weighted by molar-refractivity contribution is 0.187. The third-order valence-corrected chi connectivity index (χ3v) is 2.29. The summed E-state index contributed by atoms with van der Waals surface area (Å²) in [5.41, 5.74) is 0.740. The van der Waals surface area contributed by atoms with E-state index >= 15 is 0 Å². The van der Waals surface area contributed by atoms with E-state index in [1.54, 1.807) is 19.9 Å². The van der Waals surface area contributed by atoms with E-state index in [0.717, 1.165) is 5.56 Å². The van der Waals surface area contributed by atoms with Crippen LogP contribution in [0.1, 0.15) is 30.4 Å². The average Bonchev–Trinajstić information content (AvgIpc) is 2.73. The van der Waals surface area contributed by atoms with Crippen molar-refractivity contribution >= 4 is 0 Å². The van der Waals surface area contributed by atoms with Gasteiger partial charge in [0.2, 0.25) is 5.89 Å². The van der Waals surface area contributed by atoms with Crippen LogP contribution in [0.25, 0.3) is 0 Å². The van der Waals surface area contributed by atoms with Gasteiger partial charge in [0.1, 0.15) is 5.75 Å². The topological polar surface area (TPSA) is 68.4 Å². The predicted octanol–water partition coefficient (Wildman–Crippen LogP) is 2.01. The van der Waals surface area contributed by atoms with Crippen molar-refractivity contribution in [2.24, 2.45) is 0 Å². The molecule has 0 aliphatic heterocycles. The highest BCUT2D eigenvalue weighted by Crippen LogP contribution is 2.25. The largest absolute Gasteiger partial charge is 0.483 e. The first-order valence-electron chi connectivity index (χ1n) is 5.35. The number of rotatable bonds is 4. The summed E-state index contributed by atoms with van der Waals surface area (Å²) in [6, 6.07) is 7.32. The Morgan fingerprint density at radius 3 is 2.76 bits per heavy atom. The number of hydrogen-bond acceptors (Lipinski definition) is 5. The Morgan fingerprint density at radius 1 is 1.35 bits per heavy atom. The highest BCUT2D eigenvalue weighted by atomic mass is 16.5. The fraction of sp³-hybridized carbons (Fsp3) is 0.333. The van der Waals surface area contributed by atoms with Gasteiger partial charge in [-0.05, 0) is 13.0 Å². The lowest BCUT2D eigenvalue weighted by atomic mass is 10.1. The van der Waals surface area contributed by atoms with Crippen LogP contribution in [0.15, 0.2) is 28.7 Å². The second-order valence-electron chi connectivity index (χ2n) is 3.72. The van der Waals surface area contributed by atoms with Crippen LogP contribution in [-0.2, 0) is 6.61 Å². The van der Waals surface area contributed by atoms with Crippen molar-refractivity contribution in [3.8, 4) is 5.75 Å². The highest BCUT2D eigenvalue weighted by Gasteiger charge is 2.09. The molecule has 0 bridgehead atoms. The molecule has 1 heterocycles.